The van der Waals surface area contributed by atoms with E-state index in [1.165, 1.54) is 30.3 Å². The van der Waals surface area contributed by atoms with E-state index in [1.807, 2.05) is 0 Å². The number of sulfone groups is 1. The van der Waals surface area contributed by atoms with Gasteiger partial charge in [0.25, 0.3) is 5.91 Å². The van der Waals surface area contributed by atoms with Crippen LogP contribution in [0, 0.1) is 0 Å². The molecular weight excluding hydrogens is 490 g/mol. The predicted octanol–water partition coefficient (Wildman–Crippen LogP) is 4.32. The summed E-state index contributed by atoms with van der Waals surface area (Å²) in [5, 5.41) is 0.646. The van der Waals surface area contributed by atoms with E-state index in [4.69, 9.17) is 16.3 Å². The van der Waals surface area contributed by atoms with E-state index < -0.39 is 21.7 Å². The lowest BCUT2D eigenvalue weighted by molar-refractivity contribution is 0.0602. The van der Waals surface area contributed by atoms with E-state index in [0.29, 0.717) is 22.0 Å². The molecule has 0 aliphatic heterocycles. The van der Waals surface area contributed by atoms with Gasteiger partial charge in [-0.15, -0.1) is 0 Å². The van der Waals surface area contributed by atoms with Crippen LogP contribution >= 0.6 is 11.6 Å². The molecule has 0 unspecified atom stereocenters. The number of aromatic nitrogens is 2. The number of amides is 1. The van der Waals surface area contributed by atoms with Crippen molar-refractivity contribution in [3.63, 3.8) is 0 Å². The van der Waals surface area contributed by atoms with Crippen LogP contribution in [0.4, 0.5) is 5.69 Å². The highest BCUT2D eigenvalue weighted by Crippen LogP contribution is 2.29. The fourth-order valence-corrected chi connectivity index (χ4v) is 4.79. The Morgan fingerprint density at radius 1 is 1.06 bits per heavy atom. The van der Waals surface area contributed by atoms with Crippen molar-refractivity contribution in [2.75, 3.05) is 18.3 Å². The average Bonchev–Trinajstić information content (AvgIpc) is 2.85. The molecule has 0 N–H and O–H groups in total. The summed E-state index contributed by atoms with van der Waals surface area (Å²) >= 11 is 6.12. The smallest absolute Gasteiger partial charge is 0.338 e. The van der Waals surface area contributed by atoms with Crippen molar-refractivity contribution in [1.82, 2.24) is 9.97 Å². The zero-order chi connectivity index (χ0) is 25.2. The second kappa shape index (κ2) is 9.81. The molecule has 0 saturated carbocycles. The number of carbonyl (C=O) groups excluding carboxylic acids is 2. The van der Waals surface area contributed by atoms with Crippen LogP contribution in [0.2, 0.25) is 5.15 Å². The van der Waals surface area contributed by atoms with Gasteiger partial charge in [0, 0.05) is 24.0 Å². The molecule has 0 spiro atoms. The Morgan fingerprint density at radius 2 is 1.83 bits per heavy atom. The first-order valence-corrected chi connectivity index (χ1v) is 12.6. The van der Waals surface area contributed by atoms with Gasteiger partial charge in [-0.2, -0.15) is 0 Å². The van der Waals surface area contributed by atoms with E-state index in [0.717, 1.165) is 6.26 Å². The second-order valence-electron chi connectivity index (χ2n) is 7.71. The highest BCUT2D eigenvalue weighted by atomic mass is 35.5. The second-order valence-corrected chi connectivity index (χ2v) is 10.1. The van der Waals surface area contributed by atoms with Gasteiger partial charge in [-0.05, 0) is 42.0 Å². The number of pyridine rings is 2. The van der Waals surface area contributed by atoms with Gasteiger partial charge >= 0.3 is 5.97 Å². The summed E-state index contributed by atoms with van der Waals surface area (Å²) in [6.45, 7) is 0.0257. The number of para-hydroxylation sites is 1. The number of anilines is 1. The molecule has 0 fully saturated rings. The number of esters is 1. The molecule has 2 aromatic heterocycles. The molecule has 0 aliphatic rings. The van der Waals surface area contributed by atoms with Gasteiger partial charge in [0.1, 0.15) is 5.15 Å². The summed E-state index contributed by atoms with van der Waals surface area (Å²) in [5.41, 5.74) is 1.87. The summed E-state index contributed by atoms with van der Waals surface area (Å²) in [6.07, 6.45) is 4.06. The lowest BCUT2D eigenvalue weighted by atomic mass is 10.1. The number of methoxy groups -OCH3 is 1. The van der Waals surface area contributed by atoms with E-state index in [9.17, 15) is 18.0 Å². The van der Waals surface area contributed by atoms with Gasteiger partial charge in [0.2, 0.25) is 0 Å². The SMILES string of the molecule is COC(=O)c1cc(Cl)nc2cc(CN(C(=O)c3cccnc3)c3ccccc3S(C)(=O)=O)ccc12. The minimum absolute atomic E-state index is 0.0205. The molecule has 0 saturated heterocycles. The number of carbonyl (C=O) groups is 2. The van der Waals surface area contributed by atoms with Crippen molar-refractivity contribution < 1.29 is 22.7 Å². The van der Waals surface area contributed by atoms with Gasteiger partial charge in [-0.3, -0.25) is 9.78 Å². The molecule has 2 heterocycles. The number of hydrogen-bond acceptors (Lipinski definition) is 7. The number of rotatable bonds is 6. The number of nitrogens with zero attached hydrogens (tertiary/aromatic N) is 3. The summed E-state index contributed by atoms with van der Waals surface area (Å²) in [6, 6.07) is 16.1. The highest BCUT2D eigenvalue weighted by Gasteiger charge is 2.25. The van der Waals surface area contributed by atoms with Gasteiger partial charge in [-0.1, -0.05) is 35.9 Å². The van der Waals surface area contributed by atoms with Crippen LogP contribution in [0.3, 0.4) is 0 Å². The number of ether oxygens (including phenoxy) is 1. The first-order chi connectivity index (χ1) is 16.7. The Balaban J connectivity index is 1.84. The topological polar surface area (TPSA) is 107 Å². The van der Waals surface area contributed by atoms with E-state index in [-0.39, 0.29) is 27.8 Å². The molecule has 178 valence electrons. The zero-order valence-electron chi connectivity index (χ0n) is 18.8. The molecule has 2 aromatic carbocycles. The third-order valence-electron chi connectivity index (χ3n) is 5.30. The van der Waals surface area contributed by atoms with Crippen molar-refractivity contribution in [2.45, 2.75) is 11.4 Å². The molecule has 10 heteroatoms. The van der Waals surface area contributed by atoms with Crippen molar-refractivity contribution >= 4 is 49.9 Å². The summed E-state index contributed by atoms with van der Waals surface area (Å²) in [5.74, 6) is -0.980. The minimum atomic E-state index is -3.64. The first-order valence-electron chi connectivity index (χ1n) is 10.4. The molecule has 35 heavy (non-hydrogen) atoms. The van der Waals surface area contributed by atoms with Crippen LogP contribution in [0.1, 0.15) is 26.3 Å². The quantitative estimate of drug-likeness (QED) is 0.281. The largest absolute Gasteiger partial charge is 0.465 e. The van der Waals surface area contributed by atoms with Crippen molar-refractivity contribution in [2.24, 2.45) is 0 Å². The standard InChI is InChI=1S/C25H20ClN3O5S/c1-34-25(31)19-13-23(26)28-20-12-16(9-10-18(19)20)15-29(24(30)17-6-5-11-27-14-17)21-7-3-4-8-22(21)35(2,32)33/h3-14H,15H2,1-2H3. The fraction of sp³-hybridized carbons (Fsp3) is 0.120. The van der Waals surface area contributed by atoms with Crippen molar-refractivity contribution in [3.05, 3.63) is 94.9 Å². The van der Waals surface area contributed by atoms with Gasteiger partial charge in [-0.25, -0.2) is 18.2 Å². The Kier molecular flexibility index (Phi) is 6.81. The maximum atomic E-state index is 13.5. The summed E-state index contributed by atoms with van der Waals surface area (Å²) in [7, 11) is -2.36. The van der Waals surface area contributed by atoms with Crippen LogP contribution in [-0.4, -0.2) is 43.6 Å². The summed E-state index contributed by atoms with van der Waals surface area (Å²) < 4.78 is 29.8. The van der Waals surface area contributed by atoms with Crippen LogP contribution in [0.5, 0.6) is 0 Å². The molecule has 0 radical (unpaired) electrons. The molecule has 8 nitrogen and oxygen atoms in total. The Labute approximate surface area is 207 Å². The van der Waals surface area contributed by atoms with Gasteiger partial charge in [0.15, 0.2) is 9.84 Å². The fourth-order valence-electron chi connectivity index (χ4n) is 3.71. The Morgan fingerprint density at radius 3 is 2.51 bits per heavy atom. The number of benzene rings is 2. The molecule has 0 aliphatic carbocycles. The normalized spacial score (nSPS) is 11.3. The molecular formula is C25H20ClN3O5S. The van der Waals surface area contributed by atoms with Crippen LogP contribution in [-0.2, 0) is 21.1 Å². The number of hydrogen-bond donors (Lipinski definition) is 0. The third kappa shape index (κ3) is 5.16. The molecule has 0 bridgehead atoms. The maximum Gasteiger partial charge on any atom is 0.338 e. The van der Waals surface area contributed by atoms with Gasteiger partial charge in [0.05, 0.1) is 40.9 Å². The van der Waals surface area contributed by atoms with Crippen LogP contribution in [0.25, 0.3) is 10.9 Å². The van der Waals surface area contributed by atoms with E-state index in [2.05, 4.69) is 9.97 Å². The zero-order valence-corrected chi connectivity index (χ0v) is 20.4. The van der Waals surface area contributed by atoms with E-state index >= 15 is 0 Å². The van der Waals surface area contributed by atoms with Crippen molar-refractivity contribution in [3.8, 4) is 0 Å². The molecule has 1 amide bonds. The average molecular weight is 510 g/mol. The maximum absolute atomic E-state index is 13.5. The molecule has 4 aromatic rings. The molecule has 4 rings (SSSR count). The predicted molar refractivity (Wildman–Crippen MR) is 132 cm³/mol. The minimum Gasteiger partial charge on any atom is -0.465 e. The Bertz CT molecular complexity index is 1540. The van der Waals surface area contributed by atoms with E-state index in [1.54, 1.807) is 54.7 Å². The number of halogens is 1. The highest BCUT2D eigenvalue weighted by molar-refractivity contribution is 7.90. The lowest BCUT2D eigenvalue weighted by Crippen LogP contribution is -2.31. The third-order valence-corrected chi connectivity index (χ3v) is 6.64. The number of fused-ring (bicyclic) bond motifs is 1. The molecule has 0 atom stereocenters. The van der Waals surface area contributed by atoms with Crippen LogP contribution in [0.15, 0.2) is 78.0 Å². The Hall–Kier alpha value is -3.82. The van der Waals surface area contributed by atoms with Crippen LogP contribution < -0.4 is 4.90 Å². The monoisotopic (exact) mass is 509 g/mol. The summed E-state index contributed by atoms with van der Waals surface area (Å²) in [4.78, 5) is 35.4. The first kappa shape index (κ1) is 24.3. The van der Waals surface area contributed by atoms with Gasteiger partial charge < -0.3 is 9.64 Å². The lowest BCUT2D eigenvalue weighted by Gasteiger charge is -2.25. The van der Waals surface area contributed by atoms with Crippen molar-refractivity contribution in [1.29, 1.82) is 0 Å².